The summed E-state index contributed by atoms with van der Waals surface area (Å²) in [6.45, 7) is 0. The van der Waals surface area contributed by atoms with Crippen LogP contribution in [0.3, 0.4) is 0 Å². The number of rotatable bonds is 6. The molecule has 0 amide bonds. The SMILES string of the molecule is c1ccc(-c2cccc(-c3c4cccc(-n5c(-c6ccccc6)nc6ccccc65)c4cc4c(-n5c(-c6ccccc6)nc6ccccc65)cccc34)c2)cc1. The summed E-state index contributed by atoms with van der Waals surface area (Å²) in [6, 6.07) is 73.4. The summed E-state index contributed by atoms with van der Waals surface area (Å²) in [5.41, 5.74) is 13.0. The first-order valence-electron chi connectivity index (χ1n) is 19.0. The zero-order valence-corrected chi connectivity index (χ0v) is 30.4. The Morgan fingerprint density at radius 3 is 1.21 bits per heavy atom. The first-order valence-corrected chi connectivity index (χ1v) is 19.0. The van der Waals surface area contributed by atoms with E-state index in [1.54, 1.807) is 0 Å². The highest BCUT2D eigenvalue weighted by atomic mass is 15.1. The maximum Gasteiger partial charge on any atom is 0.145 e. The van der Waals surface area contributed by atoms with Crippen LogP contribution in [0.25, 0.3) is 100 Å². The number of hydrogen-bond acceptors (Lipinski definition) is 2. The van der Waals surface area contributed by atoms with Crippen LogP contribution in [0.4, 0.5) is 0 Å². The van der Waals surface area contributed by atoms with E-state index >= 15 is 0 Å². The Balaban J connectivity index is 1.29. The van der Waals surface area contributed by atoms with E-state index in [1.165, 1.54) is 27.5 Å². The summed E-state index contributed by atoms with van der Waals surface area (Å²) < 4.78 is 4.68. The fraction of sp³-hybridized carbons (Fsp3) is 0. The van der Waals surface area contributed by atoms with Gasteiger partial charge in [-0.05, 0) is 81.6 Å². The second-order valence-electron chi connectivity index (χ2n) is 14.2. The van der Waals surface area contributed by atoms with Crippen molar-refractivity contribution in [3.63, 3.8) is 0 Å². The molecular formula is C52H34N4. The molecule has 0 saturated carbocycles. The third-order valence-corrected chi connectivity index (χ3v) is 10.9. The first kappa shape index (κ1) is 31.9. The van der Waals surface area contributed by atoms with Crippen LogP contribution in [-0.2, 0) is 0 Å². The standard InChI is InChI=1S/C52H34N4/c1-4-17-35(18-5-1)38-23-14-24-39(33-38)50-40-25-15-31-46(55-48-29-12-10-27-44(48)53-51(55)36-19-6-2-7-20-36)42(40)34-43-41(50)26-16-32-47(43)56-49-30-13-11-28-45(49)54-52(56)37-21-8-3-9-22-37/h1-34H. The van der Waals surface area contributed by atoms with E-state index in [9.17, 15) is 0 Å². The van der Waals surface area contributed by atoms with Crippen LogP contribution in [0.2, 0.25) is 0 Å². The van der Waals surface area contributed by atoms with Gasteiger partial charge in [-0.1, -0.05) is 158 Å². The van der Waals surface area contributed by atoms with Crippen molar-refractivity contribution < 1.29 is 0 Å². The van der Waals surface area contributed by atoms with E-state index in [-0.39, 0.29) is 0 Å². The van der Waals surface area contributed by atoms with Gasteiger partial charge in [-0.3, -0.25) is 9.13 Å². The molecule has 0 bridgehead atoms. The van der Waals surface area contributed by atoms with Gasteiger partial charge in [0, 0.05) is 21.9 Å². The molecule has 0 unspecified atom stereocenters. The number of benzene rings is 9. The molecular weight excluding hydrogens is 681 g/mol. The van der Waals surface area contributed by atoms with Crippen LogP contribution in [0.1, 0.15) is 0 Å². The van der Waals surface area contributed by atoms with Gasteiger partial charge in [-0.25, -0.2) is 9.97 Å². The molecule has 56 heavy (non-hydrogen) atoms. The summed E-state index contributed by atoms with van der Waals surface area (Å²) in [7, 11) is 0. The Kier molecular flexibility index (Phi) is 7.46. The molecule has 0 aliphatic rings. The summed E-state index contributed by atoms with van der Waals surface area (Å²) in [5.74, 6) is 1.82. The van der Waals surface area contributed by atoms with Crippen LogP contribution in [0.15, 0.2) is 206 Å². The van der Waals surface area contributed by atoms with Gasteiger partial charge in [0.05, 0.1) is 33.4 Å². The summed E-state index contributed by atoms with van der Waals surface area (Å²) in [6.07, 6.45) is 0. The van der Waals surface area contributed by atoms with Crippen LogP contribution in [-0.4, -0.2) is 19.1 Å². The number of para-hydroxylation sites is 4. The normalized spacial score (nSPS) is 11.6. The van der Waals surface area contributed by atoms with Crippen LogP contribution < -0.4 is 0 Å². The molecule has 2 aromatic heterocycles. The third kappa shape index (κ3) is 5.15. The Hall–Kier alpha value is -7.56. The van der Waals surface area contributed by atoms with Gasteiger partial charge in [-0.15, -0.1) is 0 Å². The Morgan fingerprint density at radius 1 is 0.286 bits per heavy atom. The molecule has 2 heterocycles. The Bertz CT molecular complexity index is 3060. The van der Waals surface area contributed by atoms with Gasteiger partial charge in [0.25, 0.3) is 0 Å². The Morgan fingerprint density at radius 2 is 0.696 bits per heavy atom. The van der Waals surface area contributed by atoms with E-state index in [0.29, 0.717) is 0 Å². The number of aromatic nitrogens is 4. The zero-order valence-electron chi connectivity index (χ0n) is 30.4. The highest BCUT2D eigenvalue weighted by Gasteiger charge is 2.22. The summed E-state index contributed by atoms with van der Waals surface area (Å²) in [4.78, 5) is 10.5. The van der Waals surface area contributed by atoms with Crippen molar-refractivity contribution in [2.24, 2.45) is 0 Å². The average Bonchev–Trinajstić information content (AvgIpc) is 3.86. The largest absolute Gasteiger partial charge is 0.292 e. The quantitative estimate of drug-likeness (QED) is 0.161. The molecule has 0 N–H and O–H groups in total. The van der Waals surface area contributed by atoms with Crippen LogP contribution in [0.5, 0.6) is 0 Å². The smallest absolute Gasteiger partial charge is 0.145 e. The van der Waals surface area contributed by atoms with Crippen LogP contribution >= 0.6 is 0 Å². The molecule has 11 aromatic rings. The number of imidazole rings is 2. The minimum atomic E-state index is 0.910. The fourth-order valence-electron chi connectivity index (χ4n) is 8.42. The van der Waals surface area contributed by atoms with E-state index in [1.807, 2.05) is 0 Å². The van der Waals surface area contributed by atoms with E-state index in [4.69, 9.17) is 9.97 Å². The fourth-order valence-corrected chi connectivity index (χ4v) is 8.42. The maximum absolute atomic E-state index is 5.24. The molecule has 0 aliphatic carbocycles. The highest BCUT2D eigenvalue weighted by Crippen LogP contribution is 2.44. The van der Waals surface area contributed by atoms with Crippen molar-refractivity contribution in [3.8, 4) is 56.4 Å². The van der Waals surface area contributed by atoms with Gasteiger partial charge in [0.15, 0.2) is 0 Å². The predicted octanol–water partition coefficient (Wildman–Crippen LogP) is 13.3. The zero-order chi connectivity index (χ0) is 37.0. The molecule has 9 aromatic carbocycles. The molecule has 0 aliphatic heterocycles. The maximum atomic E-state index is 5.24. The first-order chi connectivity index (χ1) is 27.8. The lowest BCUT2D eigenvalue weighted by Gasteiger charge is -2.20. The second kappa shape index (κ2) is 13.1. The lowest BCUT2D eigenvalue weighted by Crippen LogP contribution is -2.02. The summed E-state index contributed by atoms with van der Waals surface area (Å²) >= 11 is 0. The van der Waals surface area contributed by atoms with Crippen molar-refractivity contribution in [3.05, 3.63) is 206 Å². The van der Waals surface area contributed by atoms with Crippen molar-refractivity contribution in [2.45, 2.75) is 0 Å². The molecule has 11 rings (SSSR count). The molecule has 0 fully saturated rings. The number of hydrogen-bond donors (Lipinski definition) is 0. The number of nitrogens with zero attached hydrogens (tertiary/aromatic N) is 4. The minimum absolute atomic E-state index is 0.910. The molecule has 4 nitrogen and oxygen atoms in total. The third-order valence-electron chi connectivity index (χ3n) is 10.9. The van der Waals surface area contributed by atoms with E-state index in [2.05, 4.69) is 215 Å². The second-order valence-corrected chi connectivity index (χ2v) is 14.2. The molecule has 0 spiro atoms. The van der Waals surface area contributed by atoms with Crippen molar-refractivity contribution >= 4 is 43.6 Å². The van der Waals surface area contributed by atoms with Gasteiger partial charge < -0.3 is 0 Å². The van der Waals surface area contributed by atoms with Gasteiger partial charge in [0.1, 0.15) is 11.6 Å². The minimum Gasteiger partial charge on any atom is -0.292 e. The summed E-state index contributed by atoms with van der Waals surface area (Å²) in [5, 5.41) is 4.62. The molecule has 4 heteroatoms. The van der Waals surface area contributed by atoms with E-state index < -0.39 is 0 Å². The van der Waals surface area contributed by atoms with E-state index in [0.717, 1.165) is 72.6 Å². The number of fused-ring (bicyclic) bond motifs is 4. The lowest BCUT2D eigenvalue weighted by molar-refractivity contribution is 1.11. The monoisotopic (exact) mass is 714 g/mol. The van der Waals surface area contributed by atoms with Gasteiger partial charge >= 0.3 is 0 Å². The van der Waals surface area contributed by atoms with Crippen molar-refractivity contribution in [2.75, 3.05) is 0 Å². The molecule has 0 atom stereocenters. The topological polar surface area (TPSA) is 35.6 Å². The predicted molar refractivity (Wildman–Crippen MR) is 232 cm³/mol. The molecule has 262 valence electrons. The van der Waals surface area contributed by atoms with Crippen molar-refractivity contribution in [1.29, 1.82) is 0 Å². The highest BCUT2D eigenvalue weighted by molar-refractivity contribution is 6.17. The lowest BCUT2D eigenvalue weighted by atomic mass is 9.89. The molecule has 0 radical (unpaired) electrons. The molecule has 0 saturated heterocycles. The Labute approximate surface area is 324 Å². The van der Waals surface area contributed by atoms with Crippen LogP contribution in [0, 0.1) is 0 Å². The van der Waals surface area contributed by atoms with Crippen molar-refractivity contribution in [1.82, 2.24) is 19.1 Å². The van der Waals surface area contributed by atoms with Gasteiger partial charge in [-0.2, -0.15) is 0 Å². The average molecular weight is 715 g/mol. The van der Waals surface area contributed by atoms with Gasteiger partial charge in [0.2, 0.25) is 0 Å².